The smallest absolute Gasteiger partial charge is 0.337 e. The second-order valence-electron chi connectivity index (χ2n) is 7.85. The highest BCUT2D eigenvalue weighted by atomic mass is 16.5. The van der Waals surface area contributed by atoms with Crippen molar-refractivity contribution in [3.63, 3.8) is 0 Å². The molecule has 6 heteroatoms. The number of carbonyl (C=O) groups excluding carboxylic acids is 2. The fraction of sp³-hybridized carbons (Fsp3) is 0.231. The quantitative estimate of drug-likeness (QED) is 0.552. The number of hydrogen-bond acceptors (Lipinski definition) is 5. The van der Waals surface area contributed by atoms with E-state index in [1.54, 1.807) is 36.4 Å². The van der Waals surface area contributed by atoms with E-state index in [4.69, 9.17) is 4.74 Å². The van der Waals surface area contributed by atoms with Gasteiger partial charge in [-0.25, -0.2) is 4.79 Å². The molecule has 0 radical (unpaired) electrons. The van der Waals surface area contributed by atoms with Crippen molar-refractivity contribution in [1.82, 2.24) is 0 Å². The lowest BCUT2D eigenvalue weighted by Gasteiger charge is -2.30. The molecule has 1 amide bonds. The minimum absolute atomic E-state index is 0.212. The van der Waals surface area contributed by atoms with E-state index in [1.807, 2.05) is 30.3 Å². The molecule has 4 rings (SSSR count). The predicted octanol–water partition coefficient (Wildman–Crippen LogP) is 5.09. The molecule has 1 heterocycles. The van der Waals surface area contributed by atoms with E-state index in [0.29, 0.717) is 16.8 Å². The van der Waals surface area contributed by atoms with E-state index in [0.717, 1.165) is 42.7 Å². The number of phenolic OH excluding ortho intramolecular Hbond substituents is 1. The van der Waals surface area contributed by atoms with E-state index in [1.165, 1.54) is 13.5 Å². The Morgan fingerprint density at radius 2 is 1.44 bits per heavy atom. The Hall–Kier alpha value is -3.80. The van der Waals surface area contributed by atoms with Crippen LogP contribution in [0.15, 0.2) is 66.7 Å². The van der Waals surface area contributed by atoms with Crippen LogP contribution in [0.25, 0.3) is 11.1 Å². The lowest BCUT2D eigenvalue weighted by Crippen LogP contribution is -2.30. The molecule has 1 fully saturated rings. The number of ether oxygens (including phenoxy) is 1. The van der Waals surface area contributed by atoms with Gasteiger partial charge in [0.25, 0.3) is 5.91 Å². The topological polar surface area (TPSA) is 78.9 Å². The average Bonchev–Trinajstić information content (AvgIpc) is 2.84. The number of phenols is 1. The first-order chi connectivity index (χ1) is 15.5. The monoisotopic (exact) mass is 430 g/mol. The van der Waals surface area contributed by atoms with E-state index in [9.17, 15) is 14.7 Å². The van der Waals surface area contributed by atoms with Crippen LogP contribution in [0.3, 0.4) is 0 Å². The van der Waals surface area contributed by atoms with Gasteiger partial charge in [0.2, 0.25) is 0 Å². The molecule has 32 heavy (non-hydrogen) atoms. The van der Waals surface area contributed by atoms with Crippen molar-refractivity contribution < 1.29 is 19.4 Å². The molecule has 2 N–H and O–H groups in total. The van der Waals surface area contributed by atoms with Gasteiger partial charge in [-0.05, 0) is 72.9 Å². The van der Waals surface area contributed by atoms with Gasteiger partial charge in [0, 0.05) is 18.7 Å². The third kappa shape index (κ3) is 4.75. The van der Waals surface area contributed by atoms with Gasteiger partial charge >= 0.3 is 5.97 Å². The van der Waals surface area contributed by atoms with Crippen molar-refractivity contribution in [2.45, 2.75) is 19.3 Å². The van der Waals surface area contributed by atoms with Gasteiger partial charge < -0.3 is 20.1 Å². The van der Waals surface area contributed by atoms with Gasteiger partial charge in [-0.1, -0.05) is 24.3 Å². The standard InChI is InChI=1S/C26H26N2O4/c1-32-26(31)21-11-14-24(28-15-3-2-4-16-28)23(17-21)27-25(30)20-7-5-18(6-8-20)19-9-12-22(29)13-10-19/h5-14,17,29H,2-4,15-16H2,1H3,(H,27,30). The van der Waals surface area contributed by atoms with Crippen LogP contribution in [-0.2, 0) is 4.74 Å². The lowest BCUT2D eigenvalue weighted by atomic mass is 10.0. The maximum atomic E-state index is 13.0. The number of rotatable bonds is 5. The van der Waals surface area contributed by atoms with Gasteiger partial charge in [-0.15, -0.1) is 0 Å². The van der Waals surface area contributed by atoms with Gasteiger partial charge in [0.05, 0.1) is 24.0 Å². The fourth-order valence-electron chi connectivity index (χ4n) is 3.95. The fourth-order valence-corrected chi connectivity index (χ4v) is 3.95. The van der Waals surface area contributed by atoms with Crippen LogP contribution in [0, 0.1) is 0 Å². The molecule has 0 aromatic heterocycles. The van der Waals surface area contributed by atoms with E-state index in [-0.39, 0.29) is 11.7 Å². The third-order valence-corrected chi connectivity index (χ3v) is 5.71. The maximum absolute atomic E-state index is 13.0. The maximum Gasteiger partial charge on any atom is 0.337 e. The molecule has 1 aliphatic heterocycles. The zero-order chi connectivity index (χ0) is 22.5. The number of hydrogen-bond donors (Lipinski definition) is 2. The molecule has 1 saturated heterocycles. The Labute approximate surface area is 187 Å². The predicted molar refractivity (Wildman–Crippen MR) is 125 cm³/mol. The Morgan fingerprint density at radius 3 is 2.06 bits per heavy atom. The number of anilines is 2. The highest BCUT2D eigenvalue weighted by molar-refractivity contribution is 6.07. The van der Waals surface area contributed by atoms with Crippen molar-refractivity contribution >= 4 is 23.3 Å². The zero-order valence-corrected chi connectivity index (χ0v) is 18.0. The molecule has 0 spiro atoms. The SMILES string of the molecule is COC(=O)c1ccc(N2CCCCC2)c(NC(=O)c2ccc(-c3ccc(O)cc3)cc2)c1. The summed E-state index contributed by atoms with van der Waals surface area (Å²) in [5.74, 6) is -0.477. The normalized spacial score (nSPS) is 13.5. The van der Waals surface area contributed by atoms with Gasteiger partial charge in [-0.2, -0.15) is 0 Å². The first-order valence-corrected chi connectivity index (χ1v) is 10.7. The van der Waals surface area contributed by atoms with E-state index < -0.39 is 5.97 Å². The highest BCUT2D eigenvalue weighted by Crippen LogP contribution is 2.31. The number of methoxy groups -OCH3 is 1. The minimum atomic E-state index is -0.441. The number of aromatic hydroxyl groups is 1. The highest BCUT2D eigenvalue weighted by Gasteiger charge is 2.19. The molecular formula is C26H26N2O4. The van der Waals surface area contributed by atoms with Crippen molar-refractivity contribution in [2.24, 2.45) is 0 Å². The Bertz CT molecular complexity index is 1100. The number of carbonyl (C=O) groups is 2. The van der Waals surface area contributed by atoms with Crippen LogP contribution in [0.1, 0.15) is 40.0 Å². The second-order valence-corrected chi connectivity index (χ2v) is 7.85. The largest absolute Gasteiger partial charge is 0.508 e. The van der Waals surface area contributed by atoms with Gasteiger partial charge in [-0.3, -0.25) is 4.79 Å². The Kier molecular flexibility index (Phi) is 6.40. The molecule has 0 bridgehead atoms. The molecule has 6 nitrogen and oxygen atoms in total. The molecule has 164 valence electrons. The average molecular weight is 431 g/mol. The molecule has 0 unspecified atom stereocenters. The summed E-state index contributed by atoms with van der Waals surface area (Å²) in [4.78, 5) is 27.3. The molecule has 0 atom stereocenters. The van der Waals surface area contributed by atoms with E-state index >= 15 is 0 Å². The van der Waals surface area contributed by atoms with Crippen molar-refractivity contribution in [2.75, 3.05) is 30.4 Å². The Balaban J connectivity index is 1.58. The molecule has 0 aliphatic carbocycles. The van der Waals surface area contributed by atoms with Crippen LogP contribution in [0.4, 0.5) is 11.4 Å². The summed E-state index contributed by atoms with van der Waals surface area (Å²) >= 11 is 0. The first-order valence-electron chi connectivity index (χ1n) is 10.7. The zero-order valence-electron chi connectivity index (χ0n) is 18.0. The number of benzene rings is 3. The molecule has 3 aromatic carbocycles. The van der Waals surface area contributed by atoms with E-state index in [2.05, 4.69) is 10.2 Å². The summed E-state index contributed by atoms with van der Waals surface area (Å²) in [6.45, 7) is 1.84. The van der Waals surface area contributed by atoms with Gasteiger partial charge in [0.15, 0.2) is 0 Å². The number of nitrogens with zero attached hydrogens (tertiary/aromatic N) is 1. The number of piperidine rings is 1. The first kappa shape index (κ1) is 21.4. The van der Waals surface area contributed by atoms with Gasteiger partial charge in [0.1, 0.15) is 5.75 Å². The number of esters is 1. The summed E-state index contributed by atoms with van der Waals surface area (Å²) < 4.78 is 4.85. The lowest BCUT2D eigenvalue weighted by molar-refractivity contribution is 0.0600. The number of nitrogens with one attached hydrogen (secondary N) is 1. The molecule has 3 aromatic rings. The van der Waals surface area contributed by atoms with Crippen molar-refractivity contribution in [1.29, 1.82) is 0 Å². The molecule has 0 saturated carbocycles. The van der Waals surface area contributed by atoms with Crippen LogP contribution in [0.2, 0.25) is 0 Å². The molecular weight excluding hydrogens is 404 g/mol. The van der Waals surface area contributed by atoms with Crippen LogP contribution in [-0.4, -0.2) is 37.2 Å². The summed E-state index contributed by atoms with van der Waals surface area (Å²) in [5.41, 5.74) is 4.32. The summed E-state index contributed by atoms with van der Waals surface area (Å²) in [6, 6.07) is 19.5. The minimum Gasteiger partial charge on any atom is -0.508 e. The van der Waals surface area contributed by atoms with Crippen LogP contribution in [0.5, 0.6) is 5.75 Å². The van der Waals surface area contributed by atoms with Crippen molar-refractivity contribution in [3.05, 3.63) is 77.9 Å². The summed E-state index contributed by atoms with van der Waals surface area (Å²) in [7, 11) is 1.34. The summed E-state index contributed by atoms with van der Waals surface area (Å²) in [5, 5.41) is 12.5. The molecule has 1 aliphatic rings. The number of amides is 1. The second kappa shape index (κ2) is 9.56. The van der Waals surface area contributed by atoms with Crippen LogP contribution < -0.4 is 10.2 Å². The third-order valence-electron chi connectivity index (χ3n) is 5.71. The Morgan fingerprint density at radius 1 is 0.844 bits per heavy atom. The summed E-state index contributed by atoms with van der Waals surface area (Å²) in [6.07, 6.45) is 3.40. The van der Waals surface area contributed by atoms with Crippen LogP contribution >= 0.6 is 0 Å². The van der Waals surface area contributed by atoms with Crippen molar-refractivity contribution in [3.8, 4) is 16.9 Å².